The lowest BCUT2D eigenvalue weighted by molar-refractivity contribution is 0.123. The van der Waals surface area contributed by atoms with E-state index >= 15 is 0 Å². The second-order valence-corrected chi connectivity index (χ2v) is 9.35. The Kier molecular flexibility index (Phi) is 5.98. The number of fused-ring (bicyclic) bond motifs is 1. The lowest BCUT2D eigenvalue weighted by Crippen LogP contribution is -2.31. The van der Waals surface area contributed by atoms with Crippen LogP contribution in [0.1, 0.15) is 22.9 Å². The van der Waals surface area contributed by atoms with Gasteiger partial charge < -0.3 is 15.3 Å². The molecule has 0 saturated carbocycles. The van der Waals surface area contributed by atoms with Crippen LogP contribution in [-0.4, -0.2) is 38.2 Å². The molecule has 4 aromatic rings. The molecule has 0 radical (unpaired) electrons. The van der Waals surface area contributed by atoms with E-state index in [1.54, 1.807) is 18.2 Å². The molecule has 0 atom stereocenters. The molecule has 6 heteroatoms. The van der Waals surface area contributed by atoms with Crippen molar-refractivity contribution < 1.29 is 15.3 Å². The predicted molar refractivity (Wildman–Crippen MR) is 133 cm³/mol. The lowest BCUT2D eigenvalue weighted by Gasteiger charge is -2.32. The van der Waals surface area contributed by atoms with Gasteiger partial charge in [0.05, 0.1) is 6.17 Å². The van der Waals surface area contributed by atoms with E-state index in [1.165, 1.54) is 0 Å². The molecule has 1 fully saturated rings. The van der Waals surface area contributed by atoms with Crippen molar-refractivity contribution in [1.29, 1.82) is 0 Å². The number of benzene rings is 4. The van der Waals surface area contributed by atoms with Crippen molar-refractivity contribution in [2.45, 2.75) is 19.3 Å². The van der Waals surface area contributed by atoms with Crippen LogP contribution in [0.25, 0.3) is 10.8 Å². The predicted octanol–water partition coefficient (Wildman–Crippen LogP) is 5.74. The number of hydrogen-bond acceptors (Lipinski definition) is 5. The Morgan fingerprint density at radius 3 is 1.85 bits per heavy atom. The van der Waals surface area contributed by atoms with Gasteiger partial charge in [-0.2, -0.15) is 0 Å². The van der Waals surface area contributed by atoms with E-state index in [4.69, 9.17) is 0 Å². The smallest absolute Gasteiger partial charge is 0.122 e. The van der Waals surface area contributed by atoms with Crippen molar-refractivity contribution in [3.05, 3.63) is 100 Å². The summed E-state index contributed by atoms with van der Waals surface area (Å²) in [5.74, 6) is 0.768. The van der Waals surface area contributed by atoms with Gasteiger partial charge in [0.1, 0.15) is 17.2 Å². The number of rotatable bonds is 5. The Morgan fingerprint density at radius 2 is 1.27 bits per heavy atom. The molecule has 1 heterocycles. The summed E-state index contributed by atoms with van der Waals surface area (Å²) in [6.07, 6.45) is -0.228. The largest absolute Gasteiger partial charge is 0.508 e. The molecule has 3 N–H and O–H groups in total. The van der Waals surface area contributed by atoms with Crippen LogP contribution >= 0.6 is 15.9 Å². The number of phenolic OH excluding ortho intramolecular Hbond substituents is 3. The highest BCUT2D eigenvalue weighted by Gasteiger charge is 2.36. The highest BCUT2D eigenvalue weighted by Crippen LogP contribution is 2.42. The summed E-state index contributed by atoms with van der Waals surface area (Å²) in [6, 6.07) is 24.5. The van der Waals surface area contributed by atoms with Gasteiger partial charge in [0.25, 0.3) is 0 Å². The fraction of sp³-hybridized carbons (Fsp3) is 0.185. The quantitative estimate of drug-likeness (QED) is 0.323. The summed E-state index contributed by atoms with van der Waals surface area (Å²) in [6.45, 7) is 2.61. The number of halogens is 1. The van der Waals surface area contributed by atoms with Gasteiger partial charge in [-0.05, 0) is 41.1 Å². The summed E-state index contributed by atoms with van der Waals surface area (Å²) in [7, 11) is 0. The van der Waals surface area contributed by atoms with Gasteiger partial charge >= 0.3 is 0 Å². The van der Waals surface area contributed by atoms with E-state index in [0.717, 1.165) is 45.0 Å². The fourth-order valence-electron chi connectivity index (χ4n) is 4.74. The fourth-order valence-corrected chi connectivity index (χ4v) is 5.12. The molecule has 0 aliphatic carbocycles. The molecule has 33 heavy (non-hydrogen) atoms. The molecule has 0 amide bonds. The second-order valence-electron chi connectivity index (χ2n) is 8.44. The SMILES string of the molecule is Oc1ccccc1CN1CCN(Cc2ccccc2O)C1c1c(O)ccc2cc(Br)ccc12. The maximum Gasteiger partial charge on any atom is 0.122 e. The molecule has 1 saturated heterocycles. The summed E-state index contributed by atoms with van der Waals surface area (Å²) in [5.41, 5.74) is 2.52. The third-order valence-electron chi connectivity index (χ3n) is 6.35. The molecule has 5 rings (SSSR count). The minimum atomic E-state index is -0.228. The average Bonchev–Trinajstić information content (AvgIpc) is 3.18. The van der Waals surface area contributed by atoms with Crippen molar-refractivity contribution in [2.24, 2.45) is 0 Å². The van der Waals surface area contributed by atoms with E-state index in [2.05, 4.69) is 25.7 Å². The maximum absolute atomic E-state index is 11.1. The van der Waals surface area contributed by atoms with E-state index in [9.17, 15) is 15.3 Å². The monoisotopic (exact) mass is 504 g/mol. The third-order valence-corrected chi connectivity index (χ3v) is 6.85. The van der Waals surface area contributed by atoms with Gasteiger partial charge in [-0.1, -0.05) is 64.5 Å². The zero-order valence-corrected chi connectivity index (χ0v) is 19.6. The second kappa shape index (κ2) is 9.06. The van der Waals surface area contributed by atoms with Crippen LogP contribution in [-0.2, 0) is 13.1 Å². The molecule has 0 unspecified atom stereocenters. The Hall–Kier alpha value is -3.06. The first-order chi connectivity index (χ1) is 16.0. The first-order valence-corrected chi connectivity index (χ1v) is 11.7. The Labute approximate surface area is 201 Å². The number of nitrogens with zero attached hydrogens (tertiary/aromatic N) is 2. The molecule has 5 nitrogen and oxygen atoms in total. The molecule has 0 spiro atoms. The van der Waals surface area contributed by atoms with Crippen molar-refractivity contribution in [3.8, 4) is 17.2 Å². The average molecular weight is 505 g/mol. The molecule has 1 aliphatic heterocycles. The molecule has 168 valence electrons. The normalized spacial score (nSPS) is 15.4. The standard InChI is InChI=1S/C27H25BrN2O3/c28-21-10-11-22-18(15-21)9-12-25(33)26(22)27-29(16-19-5-1-3-7-23(19)31)13-14-30(27)17-20-6-2-4-8-24(20)32/h1-12,15,27,31-33H,13-14,16-17H2. The molecular formula is C27H25BrN2O3. The molecule has 0 bridgehead atoms. The minimum absolute atomic E-state index is 0.228. The van der Waals surface area contributed by atoms with E-state index in [0.29, 0.717) is 13.1 Å². The van der Waals surface area contributed by atoms with E-state index < -0.39 is 0 Å². The Morgan fingerprint density at radius 1 is 0.697 bits per heavy atom. The van der Waals surface area contributed by atoms with Gasteiger partial charge in [-0.25, -0.2) is 0 Å². The van der Waals surface area contributed by atoms with E-state index in [1.807, 2.05) is 60.7 Å². The first kappa shape index (κ1) is 21.8. The molecule has 1 aliphatic rings. The van der Waals surface area contributed by atoms with Gasteiger partial charge in [0, 0.05) is 47.3 Å². The lowest BCUT2D eigenvalue weighted by atomic mass is 9.99. The zero-order chi connectivity index (χ0) is 22.9. The topological polar surface area (TPSA) is 67.2 Å². The summed E-state index contributed by atoms with van der Waals surface area (Å²) in [5, 5.41) is 33.9. The van der Waals surface area contributed by atoms with Gasteiger partial charge in [0.2, 0.25) is 0 Å². The molecule has 0 aromatic heterocycles. The third kappa shape index (κ3) is 4.29. The van der Waals surface area contributed by atoms with Gasteiger partial charge in [-0.3, -0.25) is 9.80 Å². The van der Waals surface area contributed by atoms with Crippen molar-refractivity contribution >= 4 is 26.7 Å². The van der Waals surface area contributed by atoms with Crippen molar-refractivity contribution in [2.75, 3.05) is 13.1 Å². The van der Waals surface area contributed by atoms with Gasteiger partial charge in [0.15, 0.2) is 0 Å². The van der Waals surface area contributed by atoms with Crippen molar-refractivity contribution in [1.82, 2.24) is 9.80 Å². The summed E-state index contributed by atoms with van der Waals surface area (Å²) >= 11 is 3.55. The van der Waals surface area contributed by atoms with Crippen LogP contribution in [0, 0.1) is 0 Å². The van der Waals surface area contributed by atoms with E-state index in [-0.39, 0.29) is 23.4 Å². The summed E-state index contributed by atoms with van der Waals surface area (Å²) < 4.78 is 0.982. The van der Waals surface area contributed by atoms with Crippen LogP contribution in [0.2, 0.25) is 0 Å². The minimum Gasteiger partial charge on any atom is -0.508 e. The maximum atomic E-state index is 11.1. The van der Waals surface area contributed by atoms with Crippen LogP contribution in [0.3, 0.4) is 0 Å². The number of hydrogen-bond donors (Lipinski definition) is 3. The first-order valence-electron chi connectivity index (χ1n) is 10.9. The zero-order valence-electron chi connectivity index (χ0n) is 18.0. The van der Waals surface area contributed by atoms with Crippen LogP contribution in [0.4, 0.5) is 0 Å². The Bertz CT molecular complexity index is 1250. The number of para-hydroxylation sites is 2. The van der Waals surface area contributed by atoms with Crippen molar-refractivity contribution in [3.63, 3.8) is 0 Å². The number of phenols is 3. The Balaban J connectivity index is 1.60. The van der Waals surface area contributed by atoms with Crippen LogP contribution < -0.4 is 0 Å². The molecule has 4 aromatic carbocycles. The number of aromatic hydroxyl groups is 3. The van der Waals surface area contributed by atoms with Crippen LogP contribution in [0.5, 0.6) is 17.2 Å². The summed E-state index contributed by atoms with van der Waals surface area (Å²) in [4.78, 5) is 4.54. The van der Waals surface area contributed by atoms with Gasteiger partial charge in [-0.15, -0.1) is 0 Å². The van der Waals surface area contributed by atoms with Crippen LogP contribution in [0.15, 0.2) is 83.3 Å². The molecular weight excluding hydrogens is 480 g/mol. The highest BCUT2D eigenvalue weighted by molar-refractivity contribution is 9.10. The highest BCUT2D eigenvalue weighted by atomic mass is 79.9.